The van der Waals surface area contributed by atoms with Crippen LogP contribution in [0.3, 0.4) is 0 Å². The molecule has 1 heterocycles. The molecule has 6 nitrogen and oxygen atoms in total. The fraction of sp³-hybridized carbons (Fsp3) is 0.476. The van der Waals surface area contributed by atoms with Gasteiger partial charge in [-0.3, -0.25) is 4.79 Å². The van der Waals surface area contributed by atoms with Crippen molar-refractivity contribution in [2.24, 2.45) is 0 Å². The number of carboxylic acid groups (broad SMARTS) is 1. The molecule has 28 heavy (non-hydrogen) atoms. The predicted molar refractivity (Wildman–Crippen MR) is 109 cm³/mol. The quantitative estimate of drug-likeness (QED) is 0.682. The third-order valence-electron chi connectivity index (χ3n) is 5.05. The lowest BCUT2D eigenvalue weighted by atomic mass is 9.90. The first-order valence-corrected chi connectivity index (χ1v) is 10.6. The molecule has 1 fully saturated rings. The van der Waals surface area contributed by atoms with Gasteiger partial charge in [0.15, 0.2) is 0 Å². The van der Waals surface area contributed by atoms with Gasteiger partial charge in [0.05, 0.1) is 18.7 Å². The number of benzene rings is 1. The Morgan fingerprint density at radius 2 is 1.86 bits per heavy atom. The molecule has 7 heteroatoms. The van der Waals surface area contributed by atoms with Crippen LogP contribution in [-0.2, 0) is 16.0 Å². The van der Waals surface area contributed by atoms with Gasteiger partial charge in [0, 0.05) is 10.9 Å². The van der Waals surface area contributed by atoms with Gasteiger partial charge in [0.2, 0.25) is 5.91 Å². The van der Waals surface area contributed by atoms with E-state index in [1.54, 1.807) is 0 Å². The van der Waals surface area contributed by atoms with E-state index in [0.29, 0.717) is 25.1 Å². The number of thiazole rings is 1. The van der Waals surface area contributed by atoms with Crippen LogP contribution in [0.25, 0.3) is 10.6 Å². The van der Waals surface area contributed by atoms with Gasteiger partial charge in [-0.25, -0.2) is 9.78 Å². The van der Waals surface area contributed by atoms with Crippen molar-refractivity contribution in [3.05, 3.63) is 35.3 Å². The van der Waals surface area contributed by atoms with Crippen LogP contribution in [0, 0.1) is 0 Å². The summed E-state index contributed by atoms with van der Waals surface area (Å²) < 4.78 is 5.45. The molecular weight excluding hydrogens is 376 g/mol. The molecule has 0 radical (unpaired) electrons. The molecule has 1 aromatic heterocycles. The van der Waals surface area contributed by atoms with E-state index in [4.69, 9.17) is 4.74 Å². The minimum absolute atomic E-state index is 0.0859. The Balaban J connectivity index is 1.65. The van der Waals surface area contributed by atoms with Crippen molar-refractivity contribution in [1.29, 1.82) is 0 Å². The number of carbonyl (C=O) groups excluding carboxylic acids is 1. The largest absolute Gasteiger partial charge is 0.494 e. The van der Waals surface area contributed by atoms with Crippen LogP contribution in [0.15, 0.2) is 29.6 Å². The number of hydrogen-bond donors (Lipinski definition) is 2. The highest BCUT2D eigenvalue weighted by Crippen LogP contribution is 2.29. The number of carboxylic acids is 1. The number of ether oxygens (including phenoxy) is 1. The standard InChI is InChI=1S/C21H26N2O4S/c1-2-27-17-9-7-15(8-10-17)19-22-16(14-28-19)13-18(24)23-21(20(25)26)11-5-3-4-6-12-21/h7-10,14H,2-6,11-13H2,1H3,(H,23,24)(H,25,26). The Bertz CT molecular complexity index is 808. The summed E-state index contributed by atoms with van der Waals surface area (Å²) in [5.74, 6) is -0.409. The van der Waals surface area contributed by atoms with E-state index in [2.05, 4.69) is 10.3 Å². The summed E-state index contributed by atoms with van der Waals surface area (Å²) in [5.41, 5.74) is 0.480. The summed E-state index contributed by atoms with van der Waals surface area (Å²) >= 11 is 1.47. The van der Waals surface area contributed by atoms with E-state index in [9.17, 15) is 14.7 Å². The van der Waals surface area contributed by atoms with Crippen LogP contribution >= 0.6 is 11.3 Å². The molecule has 0 bridgehead atoms. The van der Waals surface area contributed by atoms with Crippen molar-refractivity contribution in [3.8, 4) is 16.3 Å². The molecule has 0 saturated heterocycles. The summed E-state index contributed by atoms with van der Waals surface area (Å²) in [6.45, 7) is 2.56. The van der Waals surface area contributed by atoms with Crippen LogP contribution in [0.2, 0.25) is 0 Å². The number of amides is 1. The van der Waals surface area contributed by atoms with E-state index in [-0.39, 0.29) is 12.3 Å². The maximum Gasteiger partial charge on any atom is 0.329 e. The lowest BCUT2D eigenvalue weighted by molar-refractivity contribution is -0.148. The summed E-state index contributed by atoms with van der Waals surface area (Å²) in [6, 6.07) is 7.68. The molecule has 0 spiro atoms. The second kappa shape index (κ2) is 9.19. The second-order valence-electron chi connectivity index (χ2n) is 7.13. The molecular formula is C21H26N2O4S. The summed E-state index contributed by atoms with van der Waals surface area (Å²) in [7, 11) is 0. The van der Waals surface area contributed by atoms with E-state index < -0.39 is 11.5 Å². The van der Waals surface area contributed by atoms with Crippen LogP contribution in [0.4, 0.5) is 0 Å². The summed E-state index contributed by atoms with van der Waals surface area (Å²) in [4.78, 5) is 28.9. The Hall–Kier alpha value is -2.41. The molecule has 1 amide bonds. The number of hydrogen-bond acceptors (Lipinski definition) is 5. The molecule has 1 saturated carbocycles. The first-order chi connectivity index (χ1) is 13.5. The van der Waals surface area contributed by atoms with Gasteiger partial charge in [-0.15, -0.1) is 11.3 Å². The van der Waals surface area contributed by atoms with Crippen molar-refractivity contribution in [3.63, 3.8) is 0 Å². The Kier molecular flexibility index (Phi) is 6.67. The average Bonchev–Trinajstić information content (AvgIpc) is 2.99. The van der Waals surface area contributed by atoms with Gasteiger partial charge in [0.25, 0.3) is 0 Å². The summed E-state index contributed by atoms with van der Waals surface area (Å²) in [5, 5.41) is 15.2. The van der Waals surface area contributed by atoms with E-state index >= 15 is 0 Å². The highest BCUT2D eigenvalue weighted by molar-refractivity contribution is 7.13. The molecule has 3 rings (SSSR count). The average molecular weight is 403 g/mol. The van der Waals surface area contributed by atoms with Crippen LogP contribution in [0.1, 0.15) is 51.1 Å². The monoisotopic (exact) mass is 402 g/mol. The van der Waals surface area contributed by atoms with Crippen molar-refractivity contribution >= 4 is 23.2 Å². The first kappa shape index (κ1) is 20.3. The fourth-order valence-corrected chi connectivity index (χ4v) is 4.41. The van der Waals surface area contributed by atoms with Crippen LogP contribution in [0.5, 0.6) is 5.75 Å². The first-order valence-electron chi connectivity index (χ1n) is 9.74. The van der Waals surface area contributed by atoms with E-state index in [0.717, 1.165) is 42.0 Å². The third-order valence-corrected chi connectivity index (χ3v) is 5.99. The minimum atomic E-state index is -1.14. The Labute approximate surface area is 169 Å². The number of carbonyl (C=O) groups is 2. The number of nitrogens with zero attached hydrogens (tertiary/aromatic N) is 1. The molecule has 2 aromatic rings. The van der Waals surface area contributed by atoms with Gasteiger partial charge < -0.3 is 15.2 Å². The highest BCUT2D eigenvalue weighted by Gasteiger charge is 2.40. The van der Waals surface area contributed by atoms with E-state index in [1.807, 2.05) is 36.6 Å². The molecule has 2 N–H and O–H groups in total. The zero-order valence-corrected chi connectivity index (χ0v) is 16.9. The SMILES string of the molecule is CCOc1ccc(-c2nc(CC(=O)NC3(C(=O)O)CCCCCC3)cs2)cc1. The Morgan fingerprint density at radius 3 is 2.46 bits per heavy atom. The number of aromatic nitrogens is 1. The molecule has 1 aliphatic rings. The van der Waals surface area contributed by atoms with Crippen molar-refractivity contribution < 1.29 is 19.4 Å². The maximum atomic E-state index is 12.5. The predicted octanol–water partition coefficient (Wildman–Crippen LogP) is 4.05. The van der Waals surface area contributed by atoms with Crippen LogP contribution in [-0.4, -0.2) is 34.1 Å². The lowest BCUT2D eigenvalue weighted by Gasteiger charge is -2.29. The van der Waals surface area contributed by atoms with Gasteiger partial charge in [0.1, 0.15) is 16.3 Å². The van der Waals surface area contributed by atoms with Crippen molar-refractivity contribution in [2.45, 2.75) is 57.4 Å². The smallest absolute Gasteiger partial charge is 0.329 e. The van der Waals surface area contributed by atoms with Crippen molar-refractivity contribution in [1.82, 2.24) is 10.3 Å². The Morgan fingerprint density at radius 1 is 1.18 bits per heavy atom. The minimum Gasteiger partial charge on any atom is -0.494 e. The van der Waals surface area contributed by atoms with Gasteiger partial charge >= 0.3 is 5.97 Å². The lowest BCUT2D eigenvalue weighted by Crippen LogP contribution is -2.54. The van der Waals surface area contributed by atoms with Crippen molar-refractivity contribution in [2.75, 3.05) is 6.61 Å². The molecule has 1 aromatic carbocycles. The molecule has 1 aliphatic carbocycles. The zero-order chi connectivity index (χ0) is 20.0. The van der Waals surface area contributed by atoms with Gasteiger partial charge in [-0.1, -0.05) is 25.7 Å². The second-order valence-corrected chi connectivity index (χ2v) is 7.99. The fourth-order valence-electron chi connectivity index (χ4n) is 3.58. The third kappa shape index (κ3) is 4.90. The number of nitrogens with one attached hydrogen (secondary N) is 1. The topological polar surface area (TPSA) is 88.5 Å². The summed E-state index contributed by atoms with van der Waals surface area (Å²) in [6.07, 6.45) is 4.74. The van der Waals surface area contributed by atoms with Gasteiger partial charge in [-0.05, 0) is 44.0 Å². The zero-order valence-electron chi connectivity index (χ0n) is 16.1. The molecule has 0 atom stereocenters. The highest BCUT2D eigenvalue weighted by atomic mass is 32.1. The number of rotatable bonds is 7. The molecule has 0 unspecified atom stereocenters. The normalized spacial score (nSPS) is 16.2. The number of aliphatic carboxylic acids is 1. The van der Waals surface area contributed by atoms with Gasteiger partial charge in [-0.2, -0.15) is 0 Å². The van der Waals surface area contributed by atoms with Crippen LogP contribution < -0.4 is 10.1 Å². The molecule has 150 valence electrons. The molecule has 0 aliphatic heterocycles. The maximum absolute atomic E-state index is 12.5. The van der Waals surface area contributed by atoms with E-state index in [1.165, 1.54) is 11.3 Å².